The number of pyridine rings is 1. The van der Waals surface area contributed by atoms with E-state index < -0.39 is 44.3 Å². The van der Waals surface area contributed by atoms with Crippen LogP contribution in [0.3, 0.4) is 0 Å². The van der Waals surface area contributed by atoms with Gasteiger partial charge in [-0.25, -0.2) is 22.2 Å². The van der Waals surface area contributed by atoms with Crippen LogP contribution in [0.25, 0.3) is 0 Å². The molecule has 2 aliphatic rings. The predicted molar refractivity (Wildman–Crippen MR) is 115 cm³/mol. The highest BCUT2D eigenvalue weighted by Crippen LogP contribution is 2.52. The molecule has 0 radical (unpaired) electrons. The molecule has 10 heteroatoms. The fourth-order valence-corrected chi connectivity index (χ4v) is 3.80. The molecule has 2 aliphatic carbocycles. The molecule has 1 amide bonds. The second kappa shape index (κ2) is 8.81. The molecule has 2 aromatic rings. The summed E-state index contributed by atoms with van der Waals surface area (Å²) >= 11 is 0. The Morgan fingerprint density at radius 2 is 1.82 bits per heavy atom. The third kappa shape index (κ3) is 5.55. The molecule has 2 fully saturated rings. The Kier molecular flexibility index (Phi) is 6.22. The number of nitrogens with one attached hydrogen (secondary N) is 1. The van der Waals surface area contributed by atoms with Crippen LogP contribution in [0, 0.1) is 11.8 Å². The van der Waals surface area contributed by atoms with Crippen molar-refractivity contribution in [1.82, 2.24) is 10.3 Å². The van der Waals surface area contributed by atoms with E-state index in [2.05, 4.69) is 10.3 Å². The van der Waals surface area contributed by atoms with Gasteiger partial charge in [0.25, 0.3) is 11.8 Å². The number of sulfone groups is 1. The van der Waals surface area contributed by atoms with Crippen molar-refractivity contribution in [2.45, 2.75) is 37.6 Å². The number of carbonyl (C=O) groups excluding carboxylic acids is 1. The van der Waals surface area contributed by atoms with E-state index >= 15 is 0 Å². The number of aromatic nitrogens is 1. The van der Waals surface area contributed by atoms with E-state index in [1.165, 1.54) is 6.07 Å². The van der Waals surface area contributed by atoms with E-state index in [0.29, 0.717) is 25.7 Å². The molecule has 1 heterocycles. The lowest BCUT2D eigenvalue weighted by Gasteiger charge is -2.20. The van der Waals surface area contributed by atoms with Crippen molar-refractivity contribution in [1.29, 1.82) is 0 Å². The Bertz CT molecular complexity index is 1180. The van der Waals surface area contributed by atoms with Crippen molar-refractivity contribution in [2.75, 3.05) is 6.26 Å². The highest BCUT2D eigenvalue weighted by molar-refractivity contribution is 7.94. The molecule has 0 bridgehead atoms. The zero-order chi connectivity index (χ0) is 23.8. The van der Waals surface area contributed by atoms with Gasteiger partial charge in [-0.1, -0.05) is 18.2 Å². The Hall–Kier alpha value is -2.88. The maximum Gasteiger partial charge on any atom is 0.281 e. The van der Waals surface area contributed by atoms with E-state index in [4.69, 9.17) is 4.74 Å². The van der Waals surface area contributed by atoms with Gasteiger partial charge < -0.3 is 10.1 Å². The van der Waals surface area contributed by atoms with E-state index in [9.17, 15) is 26.4 Å². The summed E-state index contributed by atoms with van der Waals surface area (Å²) in [5, 5.41) is 1.22. The Morgan fingerprint density at radius 3 is 2.39 bits per heavy atom. The normalized spacial score (nSPS) is 18.0. The standard InChI is InChI=1S/C23H23F3N2O4S/c1-33(30,31)20(24)13-19(14-7-8-14)27-21(29)18-12-11-17(23(25,26)15-9-10-15)22(28-18)32-16-5-3-2-4-6-16/h2-6,11-15,19H,7-10H2,1H3,(H,27,29)/b20-13+/t19-/m1/s1. The largest absolute Gasteiger partial charge is 0.438 e. The van der Waals surface area contributed by atoms with Gasteiger partial charge in [-0.15, -0.1) is 0 Å². The first-order valence-electron chi connectivity index (χ1n) is 10.6. The lowest BCUT2D eigenvalue weighted by atomic mass is 10.0. The molecule has 1 aromatic carbocycles. The molecule has 33 heavy (non-hydrogen) atoms. The first kappa shape index (κ1) is 23.3. The quantitative estimate of drug-likeness (QED) is 0.560. The Morgan fingerprint density at radius 1 is 1.15 bits per heavy atom. The summed E-state index contributed by atoms with van der Waals surface area (Å²) in [6, 6.07) is 9.67. The first-order chi connectivity index (χ1) is 15.6. The second-order valence-electron chi connectivity index (χ2n) is 8.44. The average Bonchev–Trinajstić information content (AvgIpc) is 3.64. The van der Waals surface area contributed by atoms with Gasteiger partial charge in [0.05, 0.1) is 11.6 Å². The van der Waals surface area contributed by atoms with Crippen LogP contribution in [-0.2, 0) is 15.8 Å². The van der Waals surface area contributed by atoms with Gasteiger partial charge in [-0.2, -0.15) is 4.39 Å². The smallest absolute Gasteiger partial charge is 0.281 e. The highest BCUT2D eigenvalue weighted by Gasteiger charge is 2.50. The summed E-state index contributed by atoms with van der Waals surface area (Å²) in [7, 11) is -4.05. The Labute approximate surface area is 189 Å². The maximum absolute atomic E-state index is 14.9. The van der Waals surface area contributed by atoms with E-state index in [1.807, 2.05) is 0 Å². The molecular formula is C23H23F3N2O4S. The van der Waals surface area contributed by atoms with Gasteiger partial charge in [-0.05, 0) is 61.9 Å². The average molecular weight is 481 g/mol. The molecule has 1 N–H and O–H groups in total. The number of hydrogen-bond acceptors (Lipinski definition) is 5. The van der Waals surface area contributed by atoms with Crippen LogP contribution in [0.5, 0.6) is 11.6 Å². The number of para-hydroxylation sites is 1. The van der Waals surface area contributed by atoms with Crippen LogP contribution in [0.2, 0.25) is 0 Å². The number of hydrogen-bond donors (Lipinski definition) is 1. The van der Waals surface area contributed by atoms with Crippen LogP contribution in [0.15, 0.2) is 53.7 Å². The van der Waals surface area contributed by atoms with Gasteiger partial charge >= 0.3 is 0 Å². The van der Waals surface area contributed by atoms with E-state index in [0.717, 1.165) is 18.4 Å². The summed E-state index contributed by atoms with van der Waals surface area (Å²) in [6.45, 7) is 0. The molecule has 1 aromatic heterocycles. The summed E-state index contributed by atoms with van der Waals surface area (Å²) in [5.41, 5.74) is -0.609. The summed E-state index contributed by atoms with van der Waals surface area (Å²) < 4.78 is 72.2. The SMILES string of the molecule is CS(=O)(=O)/C(F)=C/[C@@H](NC(=O)c1ccc(C(F)(F)C2CC2)c(Oc2ccccc2)n1)C1CC1. The van der Waals surface area contributed by atoms with Crippen molar-refractivity contribution in [3.8, 4) is 11.6 Å². The maximum atomic E-state index is 14.9. The van der Waals surface area contributed by atoms with Gasteiger partial charge in [0.1, 0.15) is 11.4 Å². The molecule has 0 aliphatic heterocycles. The number of nitrogens with zero attached hydrogens (tertiary/aromatic N) is 1. The van der Waals surface area contributed by atoms with Crippen LogP contribution in [0.1, 0.15) is 41.7 Å². The van der Waals surface area contributed by atoms with E-state index in [1.54, 1.807) is 30.3 Å². The second-order valence-corrected chi connectivity index (χ2v) is 10.4. The summed E-state index contributed by atoms with van der Waals surface area (Å²) in [6.07, 6.45) is 3.77. The predicted octanol–water partition coefficient (Wildman–Crippen LogP) is 4.74. The minimum atomic E-state index is -4.05. The number of alkyl halides is 2. The number of rotatable bonds is 9. The van der Waals surface area contributed by atoms with Crippen LogP contribution >= 0.6 is 0 Å². The zero-order valence-electron chi connectivity index (χ0n) is 17.8. The first-order valence-corrected chi connectivity index (χ1v) is 12.5. The number of amides is 1. The number of ether oxygens (including phenoxy) is 1. The molecule has 0 unspecified atom stereocenters. The zero-order valence-corrected chi connectivity index (χ0v) is 18.6. The van der Waals surface area contributed by atoms with Crippen LogP contribution < -0.4 is 10.1 Å². The third-order valence-electron chi connectivity index (χ3n) is 5.59. The molecule has 2 saturated carbocycles. The molecule has 176 valence electrons. The van der Waals surface area contributed by atoms with Crippen molar-refractivity contribution in [3.05, 3.63) is 65.0 Å². The van der Waals surface area contributed by atoms with Gasteiger partial charge in [-0.3, -0.25) is 4.79 Å². The fourth-order valence-electron chi connectivity index (χ4n) is 3.41. The fraction of sp³-hybridized carbons (Fsp3) is 0.391. The lowest BCUT2D eigenvalue weighted by Crippen LogP contribution is -2.36. The molecule has 0 spiro atoms. The van der Waals surface area contributed by atoms with E-state index in [-0.39, 0.29) is 23.2 Å². The number of benzene rings is 1. The topological polar surface area (TPSA) is 85.4 Å². The Balaban J connectivity index is 1.63. The molecular weight excluding hydrogens is 457 g/mol. The monoisotopic (exact) mass is 480 g/mol. The summed E-state index contributed by atoms with van der Waals surface area (Å²) in [4.78, 5) is 16.9. The molecule has 4 rings (SSSR count). The van der Waals surface area contributed by atoms with Gasteiger partial charge in [0.15, 0.2) is 0 Å². The molecule has 6 nitrogen and oxygen atoms in total. The minimum absolute atomic E-state index is 0.111. The van der Waals surface area contributed by atoms with Crippen LogP contribution in [-0.4, -0.2) is 31.6 Å². The van der Waals surface area contributed by atoms with Crippen molar-refractivity contribution in [2.24, 2.45) is 11.8 Å². The minimum Gasteiger partial charge on any atom is -0.438 e. The molecule has 0 saturated heterocycles. The van der Waals surface area contributed by atoms with Gasteiger partial charge in [0, 0.05) is 12.2 Å². The number of carbonyl (C=O) groups is 1. The van der Waals surface area contributed by atoms with Crippen molar-refractivity contribution in [3.63, 3.8) is 0 Å². The van der Waals surface area contributed by atoms with Crippen molar-refractivity contribution >= 4 is 15.7 Å². The van der Waals surface area contributed by atoms with Crippen LogP contribution in [0.4, 0.5) is 13.2 Å². The third-order valence-corrected chi connectivity index (χ3v) is 6.44. The lowest BCUT2D eigenvalue weighted by molar-refractivity contribution is -0.0306. The summed E-state index contributed by atoms with van der Waals surface area (Å²) in [5.74, 6) is -4.93. The number of halogens is 3. The van der Waals surface area contributed by atoms with Gasteiger partial charge in [0.2, 0.25) is 20.9 Å². The molecule has 1 atom stereocenters. The highest BCUT2D eigenvalue weighted by atomic mass is 32.2. The van der Waals surface area contributed by atoms with Crippen molar-refractivity contribution < 1.29 is 31.1 Å².